The molecule has 2 aromatic heterocycles. The Bertz CT molecular complexity index is 882. The molecule has 0 saturated heterocycles. The van der Waals surface area contributed by atoms with Crippen LogP contribution in [0.3, 0.4) is 0 Å². The normalized spacial score (nSPS) is 10.6. The zero-order valence-electron chi connectivity index (χ0n) is 11.7. The number of rotatable bonds is 3. The summed E-state index contributed by atoms with van der Waals surface area (Å²) in [6.07, 6.45) is 1.71. The third-order valence-corrected chi connectivity index (χ3v) is 3.38. The van der Waals surface area contributed by atoms with Gasteiger partial charge < -0.3 is 9.14 Å². The molecule has 0 bridgehead atoms. The van der Waals surface area contributed by atoms with Gasteiger partial charge in [0.25, 0.3) is 0 Å². The van der Waals surface area contributed by atoms with E-state index < -0.39 is 11.8 Å². The Morgan fingerprint density at radius 3 is 2.59 bits per heavy atom. The Kier molecular flexibility index (Phi) is 3.47. The first kappa shape index (κ1) is 14.0. The Morgan fingerprint density at radius 1 is 1.05 bits per heavy atom. The molecule has 0 aliphatic rings. The lowest BCUT2D eigenvalue weighted by molar-refractivity contribution is 0.0600. The highest BCUT2D eigenvalue weighted by Crippen LogP contribution is 2.18. The number of ketones is 1. The maximum atomic E-state index is 13.3. The summed E-state index contributed by atoms with van der Waals surface area (Å²) in [5.74, 6) is -1.39. The van der Waals surface area contributed by atoms with Crippen LogP contribution in [0.2, 0.25) is 0 Å². The quantitative estimate of drug-likeness (QED) is 0.551. The van der Waals surface area contributed by atoms with Crippen LogP contribution in [-0.4, -0.2) is 23.3 Å². The smallest absolute Gasteiger partial charge is 0.338 e. The number of hydrogen-bond donors (Lipinski definition) is 0. The fraction of sp³-hybridized carbons (Fsp3) is 0.0588. The van der Waals surface area contributed by atoms with E-state index in [9.17, 15) is 14.0 Å². The summed E-state index contributed by atoms with van der Waals surface area (Å²) in [7, 11) is 1.28. The van der Waals surface area contributed by atoms with E-state index >= 15 is 0 Å². The van der Waals surface area contributed by atoms with Crippen LogP contribution in [0, 0.1) is 5.82 Å². The number of pyridine rings is 1. The number of methoxy groups -OCH3 is 1. The molecule has 0 aliphatic heterocycles. The third kappa shape index (κ3) is 2.37. The van der Waals surface area contributed by atoms with Gasteiger partial charge in [0.2, 0.25) is 5.78 Å². The molecule has 0 amide bonds. The summed E-state index contributed by atoms with van der Waals surface area (Å²) in [5, 5.41) is 0. The minimum absolute atomic E-state index is 0.219. The Hall–Kier alpha value is -2.95. The van der Waals surface area contributed by atoms with E-state index in [1.807, 2.05) is 0 Å². The Morgan fingerprint density at radius 2 is 1.86 bits per heavy atom. The van der Waals surface area contributed by atoms with Gasteiger partial charge in [0.05, 0.1) is 18.4 Å². The molecule has 2 heterocycles. The van der Waals surface area contributed by atoms with Gasteiger partial charge in [-0.15, -0.1) is 0 Å². The largest absolute Gasteiger partial charge is 0.465 e. The van der Waals surface area contributed by atoms with Crippen molar-refractivity contribution in [3.8, 4) is 0 Å². The number of benzene rings is 1. The average molecular weight is 297 g/mol. The van der Waals surface area contributed by atoms with E-state index in [1.54, 1.807) is 28.8 Å². The molecule has 110 valence electrons. The molecule has 4 nitrogen and oxygen atoms in total. The van der Waals surface area contributed by atoms with Crippen LogP contribution in [0.25, 0.3) is 5.52 Å². The van der Waals surface area contributed by atoms with Gasteiger partial charge in [0, 0.05) is 17.3 Å². The van der Waals surface area contributed by atoms with E-state index in [1.165, 1.54) is 37.4 Å². The monoisotopic (exact) mass is 297 g/mol. The van der Waals surface area contributed by atoms with Gasteiger partial charge >= 0.3 is 5.97 Å². The molecule has 0 N–H and O–H groups in total. The van der Waals surface area contributed by atoms with Crippen molar-refractivity contribution in [3.05, 3.63) is 77.4 Å². The molecule has 5 heteroatoms. The topological polar surface area (TPSA) is 47.8 Å². The molecule has 3 rings (SSSR count). The van der Waals surface area contributed by atoms with Gasteiger partial charge in [-0.3, -0.25) is 4.79 Å². The first-order chi connectivity index (χ1) is 10.6. The van der Waals surface area contributed by atoms with Gasteiger partial charge in [-0.2, -0.15) is 0 Å². The third-order valence-electron chi connectivity index (χ3n) is 3.38. The minimum Gasteiger partial charge on any atom is -0.465 e. The van der Waals surface area contributed by atoms with Crippen LogP contribution in [0.4, 0.5) is 4.39 Å². The van der Waals surface area contributed by atoms with E-state index in [-0.39, 0.29) is 22.6 Å². The van der Waals surface area contributed by atoms with Crippen molar-refractivity contribution < 1.29 is 18.7 Å². The zero-order valence-corrected chi connectivity index (χ0v) is 11.7. The molecule has 0 fully saturated rings. The van der Waals surface area contributed by atoms with Gasteiger partial charge in [-0.1, -0.05) is 12.1 Å². The van der Waals surface area contributed by atoms with E-state index in [4.69, 9.17) is 4.74 Å². The van der Waals surface area contributed by atoms with Crippen molar-refractivity contribution in [2.75, 3.05) is 7.11 Å². The number of esters is 1. The second kappa shape index (κ2) is 5.44. The highest BCUT2D eigenvalue weighted by Gasteiger charge is 2.17. The fourth-order valence-electron chi connectivity index (χ4n) is 2.34. The molecule has 0 unspecified atom stereocenters. The number of nitrogens with zero attached hydrogens (tertiary/aromatic N) is 1. The summed E-state index contributed by atoms with van der Waals surface area (Å²) in [4.78, 5) is 24.4. The first-order valence-electron chi connectivity index (χ1n) is 6.60. The second-order valence-corrected chi connectivity index (χ2v) is 4.76. The van der Waals surface area contributed by atoms with Crippen molar-refractivity contribution in [2.45, 2.75) is 0 Å². The summed E-state index contributed by atoms with van der Waals surface area (Å²) in [6.45, 7) is 0. The van der Waals surface area contributed by atoms with Crippen molar-refractivity contribution in [3.63, 3.8) is 0 Å². The van der Waals surface area contributed by atoms with Crippen LogP contribution in [0.15, 0.2) is 54.7 Å². The molecule has 3 aromatic rings. The fourth-order valence-corrected chi connectivity index (χ4v) is 2.34. The number of halogens is 1. The SMILES string of the molecule is COC(=O)c1cc(C(=O)c2cccc(F)c2)n2cccc2c1. The maximum Gasteiger partial charge on any atom is 0.338 e. The van der Waals surface area contributed by atoms with Gasteiger partial charge in [-0.25, -0.2) is 9.18 Å². The highest BCUT2D eigenvalue weighted by molar-refractivity contribution is 6.09. The number of aromatic nitrogens is 1. The summed E-state index contributed by atoms with van der Waals surface area (Å²) >= 11 is 0. The van der Waals surface area contributed by atoms with Crippen LogP contribution < -0.4 is 0 Å². The standard InChI is InChI=1S/C17H12FNO3/c1-22-17(21)12-9-14-6-3-7-19(14)15(10-12)16(20)11-4-2-5-13(18)8-11/h2-10H,1H3. The summed E-state index contributed by atoms with van der Waals surface area (Å²) in [5.41, 5.74) is 1.45. The summed E-state index contributed by atoms with van der Waals surface area (Å²) in [6, 6.07) is 12.1. The zero-order chi connectivity index (χ0) is 15.7. The molecule has 0 radical (unpaired) electrons. The molecular weight excluding hydrogens is 285 g/mol. The van der Waals surface area contributed by atoms with Gasteiger partial charge in [0.15, 0.2) is 0 Å². The van der Waals surface area contributed by atoms with Crippen LogP contribution in [-0.2, 0) is 4.74 Å². The number of carbonyl (C=O) groups excluding carboxylic acids is 2. The molecule has 0 atom stereocenters. The number of ether oxygens (including phenoxy) is 1. The summed E-state index contributed by atoms with van der Waals surface area (Å²) < 4.78 is 19.7. The van der Waals surface area contributed by atoms with E-state index in [0.29, 0.717) is 5.52 Å². The van der Waals surface area contributed by atoms with E-state index in [2.05, 4.69) is 0 Å². The maximum absolute atomic E-state index is 13.3. The molecule has 1 aromatic carbocycles. The predicted molar refractivity (Wildman–Crippen MR) is 78.6 cm³/mol. The van der Waals surface area contributed by atoms with Crippen LogP contribution in [0.5, 0.6) is 0 Å². The molecule has 0 saturated carbocycles. The highest BCUT2D eigenvalue weighted by atomic mass is 19.1. The second-order valence-electron chi connectivity index (χ2n) is 4.76. The van der Waals surface area contributed by atoms with E-state index in [0.717, 1.165) is 0 Å². The van der Waals surface area contributed by atoms with Crippen molar-refractivity contribution in [1.82, 2.24) is 4.40 Å². The Labute approximate surface area is 125 Å². The lowest BCUT2D eigenvalue weighted by atomic mass is 10.1. The molecular formula is C17H12FNO3. The average Bonchev–Trinajstić information content (AvgIpc) is 3.00. The van der Waals surface area contributed by atoms with Gasteiger partial charge in [0.1, 0.15) is 5.82 Å². The minimum atomic E-state index is -0.531. The molecule has 22 heavy (non-hydrogen) atoms. The predicted octanol–water partition coefficient (Wildman–Crippen LogP) is 3.10. The number of hydrogen-bond acceptors (Lipinski definition) is 3. The lowest BCUT2D eigenvalue weighted by Gasteiger charge is -2.08. The first-order valence-corrected chi connectivity index (χ1v) is 6.60. The van der Waals surface area contributed by atoms with Crippen molar-refractivity contribution >= 4 is 17.3 Å². The van der Waals surface area contributed by atoms with Crippen LogP contribution >= 0.6 is 0 Å². The number of fused-ring (bicyclic) bond motifs is 1. The Balaban J connectivity index is 2.18. The van der Waals surface area contributed by atoms with Crippen molar-refractivity contribution in [1.29, 1.82) is 0 Å². The van der Waals surface area contributed by atoms with Crippen molar-refractivity contribution in [2.24, 2.45) is 0 Å². The van der Waals surface area contributed by atoms with Gasteiger partial charge in [-0.05, 0) is 36.4 Å². The number of carbonyl (C=O) groups is 2. The van der Waals surface area contributed by atoms with Crippen LogP contribution in [0.1, 0.15) is 26.4 Å². The molecule has 0 spiro atoms. The lowest BCUT2D eigenvalue weighted by Crippen LogP contribution is -2.11. The molecule has 0 aliphatic carbocycles.